The monoisotopic (exact) mass is 524 g/mol. The molecule has 0 radical (unpaired) electrons. The first-order chi connectivity index (χ1) is 17.5. The zero-order valence-electron chi connectivity index (χ0n) is 21.6. The van der Waals surface area contributed by atoms with Gasteiger partial charge in [0.15, 0.2) is 0 Å². The van der Waals surface area contributed by atoms with Crippen molar-refractivity contribution in [3.63, 3.8) is 0 Å². The summed E-state index contributed by atoms with van der Waals surface area (Å²) < 4.78 is 45.3. The number of nitrogens with one attached hydrogen (secondary N) is 1. The predicted molar refractivity (Wildman–Crippen MR) is 142 cm³/mol. The van der Waals surface area contributed by atoms with E-state index in [2.05, 4.69) is 5.32 Å². The van der Waals surface area contributed by atoms with Crippen molar-refractivity contribution in [1.29, 1.82) is 0 Å². The molecule has 1 amide bonds. The number of aryl methyl sites for hydroxylation is 1. The Morgan fingerprint density at radius 2 is 1.70 bits per heavy atom. The Morgan fingerprint density at radius 1 is 1.03 bits per heavy atom. The highest BCUT2D eigenvalue weighted by molar-refractivity contribution is 7.92. The molecule has 3 aromatic rings. The Kier molecular flexibility index (Phi) is 7.36. The number of carbonyl (C=O) groups is 1. The number of hydrogen-bond acceptors (Lipinski definition) is 6. The van der Waals surface area contributed by atoms with Crippen molar-refractivity contribution in [1.82, 2.24) is 5.32 Å². The molecule has 9 heteroatoms. The molecule has 196 valence electrons. The van der Waals surface area contributed by atoms with Gasteiger partial charge in [0.05, 0.1) is 30.8 Å². The molecule has 3 aromatic carbocycles. The SMILES string of the molecule is COc1cccc(N(CC(=O)NC2CC(C)(C)Oc3ccc(OC)cc32)S(=O)(=O)c2ccc(C)cc2)c1. The molecule has 1 atom stereocenters. The van der Waals surface area contributed by atoms with Crippen molar-refractivity contribution in [3.05, 3.63) is 77.9 Å². The van der Waals surface area contributed by atoms with Gasteiger partial charge in [-0.15, -0.1) is 0 Å². The van der Waals surface area contributed by atoms with E-state index in [0.29, 0.717) is 29.4 Å². The number of carbonyl (C=O) groups excluding carboxylic acids is 1. The van der Waals surface area contributed by atoms with Gasteiger partial charge in [0, 0.05) is 18.1 Å². The van der Waals surface area contributed by atoms with Crippen LogP contribution in [0.3, 0.4) is 0 Å². The third-order valence-corrected chi connectivity index (χ3v) is 8.04. The fourth-order valence-corrected chi connectivity index (χ4v) is 5.79. The average Bonchev–Trinajstić information content (AvgIpc) is 2.86. The third-order valence-electron chi connectivity index (χ3n) is 6.25. The molecule has 37 heavy (non-hydrogen) atoms. The molecule has 1 aliphatic rings. The Balaban J connectivity index is 1.67. The second kappa shape index (κ2) is 10.3. The van der Waals surface area contributed by atoms with Gasteiger partial charge in [0.25, 0.3) is 10.0 Å². The van der Waals surface area contributed by atoms with Gasteiger partial charge in [0.2, 0.25) is 5.91 Å². The number of ether oxygens (including phenoxy) is 3. The van der Waals surface area contributed by atoms with Crippen molar-refractivity contribution in [2.45, 2.75) is 43.7 Å². The van der Waals surface area contributed by atoms with E-state index in [1.54, 1.807) is 61.7 Å². The smallest absolute Gasteiger partial charge is 0.264 e. The van der Waals surface area contributed by atoms with E-state index >= 15 is 0 Å². The molecule has 0 aromatic heterocycles. The summed E-state index contributed by atoms with van der Waals surface area (Å²) in [5.41, 5.74) is 1.51. The topological polar surface area (TPSA) is 94.2 Å². The standard InChI is InChI=1S/C28H32N2O6S/c1-19-9-12-23(13-10-19)37(32,33)30(20-7-6-8-21(15-20)34-4)18-27(31)29-25-17-28(2,3)36-26-14-11-22(35-5)16-24(25)26/h6-16,25H,17-18H2,1-5H3,(H,29,31). The Labute approximate surface area is 218 Å². The number of fused-ring (bicyclic) bond motifs is 1. The molecule has 1 aliphatic heterocycles. The van der Waals surface area contributed by atoms with Gasteiger partial charge in [-0.25, -0.2) is 8.42 Å². The first-order valence-electron chi connectivity index (χ1n) is 11.9. The van der Waals surface area contributed by atoms with E-state index in [-0.39, 0.29) is 4.90 Å². The van der Waals surface area contributed by atoms with E-state index in [9.17, 15) is 13.2 Å². The van der Waals surface area contributed by atoms with Crippen LogP contribution < -0.4 is 23.8 Å². The summed E-state index contributed by atoms with van der Waals surface area (Å²) in [4.78, 5) is 13.5. The van der Waals surface area contributed by atoms with Crippen LogP contribution in [0.2, 0.25) is 0 Å². The van der Waals surface area contributed by atoms with Crippen LogP contribution in [0.25, 0.3) is 0 Å². The van der Waals surface area contributed by atoms with Gasteiger partial charge in [-0.1, -0.05) is 23.8 Å². The van der Waals surface area contributed by atoms with Crippen LogP contribution in [0.5, 0.6) is 17.2 Å². The molecular formula is C28H32N2O6S. The van der Waals surface area contributed by atoms with Crippen LogP contribution in [-0.4, -0.2) is 40.7 Å². The molecule has 0 spiro atoms. The number of nitrogens with zero attached hydrogens (tertiary/aromatic N) is 1. The van der Waals surface area contributed by atoms with Gasteiger partial charge in [-0.3, -0.25) is 9.10 Å². The minimum atomic E-state index is -4.05. The summed E-state index contributed by atoms with van der Waals surface area (Å²) in [6.07, 6.45) is 0.503. The third kappa shape index (κ3) is 5.83. The summed E-state index contributed by atoms with van der Waals surface area (Å²) >= 11 is 0. The van der Waals surface area contributed by atoms with Crippen LogP contribution in [0.15, 0.2) is 71.6 Å². The lowest BCUT2D eigenvalue weighted by Crippen LogP contribution is -2.45. The second-order valence-electron chi connectivity index (χ2n) is 9.62. The largest absolute Gasteiger partial charge is 0.497 e. The quantitative estimate of drug-likeness (QED) is 0.462. The first-order valence-corrected chi connectivity index (χ1v) is 13.4. The van der Waals surface area contributed by atoms with Gasteiger partial charge in [-0.2, -0.15) is 0 Å². The fourth-order valence-electron chi connectivity index (χ4n) is 4.38. The molecule has 4 rings (SSSR count). The van der Waals surface area contributed by atoms with E-state index in [4.69, 9.17) is 14.2 Å². The number of amides is 1. The van der Waals surface area contributed by atoms with Crippen molar-refractivity contribution < 1.29 is 27.4 Å². The zero-order chi connectivity index (χ0) is 26.8. The molecule has 0 saturated carbocycles. The number of sulfonamides is 1. The van der Waals surface area contributed by atoms with Crippen LogP contribution in [0, 0.1) is 6.92 Å². The Morgan fingerprint density at radius 3 is 2.38 bits per heavy atom. The molecule has 0 fully saturated rings. The van der Waals surface area contributed by atoms with Crippen molar-refractivity contribution in [2.75, 3.05) is 25.1 Å². The van der Waals surface area contributed by atoms with E-state index in [0.717, 1.165) is 15.4 Å². The summed E-state index contributed by atoms with van der Waals surface area (Å²) in [6.45, 7) is 5.36. The summed E-state index contributed by atoms with van der Waals surface area (Å²) in [5.74, 6) is 1.32. The molecule has 1 N–H and O–H groups in total. The lowest BCUT2D eigenvalue weighted by atomic mass is 9.89. The highest BCUT2D eigenvalue weighted by atomic mass is 32.2. The minimum absolute atomic E-state index is 0.0935. The number of hydrogen-bond donors (Lipinski definition) is 1. The molecule has 0 bridgehead atoms. The molecule has 1 heterocycles. The van der Waals surface area contributed by atoms with Gasteiger partial charge < -0.3 is 19.5 Å². The summed E-state index contributed by atoms with van der Waals surface area (Å²) in [5, 5.41) is 3.03. The molecule has 8 nitrogen and oxygen atoms in total. The summed E-state index contributed by atoms with van der Waals surface area (Å²) in [6, 6.07) is 18.2. The first kappa shape index (κ1) is 26.3. The van der Waals surface area contributed by atoms with Crippen LogP contribution in [-0.2, 0) is 14.8 Å². The van der Waals surface area contributed by atoms with Crippen LogP contribution in [0.1, 0.15) is 37.4 Å². The lowest BCUT2D eigenvalue weighted by molar-refractivity contribution is -0.120. The molecule has 1 unspecified atom stereocenters. The molecule has 0 aliphatic carbocycles. The number of benzene rings is 3. The number of anilines is 1. The lowest BCUT2D eigenvalue weighted by Gasteiger charge is -2.38. The Bertz CT molecular complexity index is 1390. The van der Waals surface area contributed by atoms with E-state index < -0.39 is 34.1 Å². The number of rotatable bonds is 8. The number of methoxy groups -OCH3 is 2. The predicted octanol–water partition coefficient (Wildman–Crippen LogP) is 4.63. The Hall–Kier alpha value is -3.72. The van der Waals surface area contributed by atoms with Crippen molar-refractivity contribution >= 4 is 21.6 Å². The normalized spacial score (nSPS) is 16.2. The van der Waals surface area contributed by atoms with Gasteiger partial charge in [-0.05, 0) is 63.2 Å². The summed E-state index contributed by atoms with van der Waals surface area (Å²) in [7, 11) is -0.976. The van der Waals surface area contributed by atoms with E-state index in [1.165, 1.54) is 7.11 Å². The molecular weight excluding hydrogens is 492 g/mol. The van der Waals surface area contributed by atoms with Crippen molar-refractivity contribution in [2.24, 2.45) is 0 Å². The zero-order valence-corrected chi connectivity index (χ0v) is 22.5. The van der Waals surface area contributed by atoms with Crippen molar-refractivity contribution in [3.8, 4) is 17.2 Å². The highest BCUT2D eigenvalue weighted by Gasteiger charge is 2.36. The minimum Gasteiger partial charge on any atom is -0.497 e. The van der Waals surface area contributed by atoms with Gasteiger partial charge >= 0.3 is 0 Å². The van der Waals surface area contributed by atoms with Gasteiger partial charge in [0.1, 0.15) is 29.4 Å². The van der Waals surface area contributed by atoms with Crippen LogP contribution in [0.4, 0.5) is 5.69 Å². The van der Waals surface area contributed by atoms with Crippen LogP contribution >= 0.6 is 0 Å². The highest BCUT2D eigenvalue weighted by Crippen LogP contribution is 2.41. The maximum absolute atomic E-state index is 13.7. The average molecular weight is 525 g/mol. The maximum Gasteiger partial charge on any atom is 0.264 e. The molecule has 0 saturated heterocycles. The second-order valence-corrected chi connectivity index (χ2v) is 11.5. The van der Waals surface area contributed by atoms with E-state index in [1.807, 2.05) is 32.9 Å². The maximum atomic E-state index is 13.7. The fraction of sp³-hybridized carbons (Fsp3) is 0.321.